The molecule has 180 valence electrons. The van der Waals surface area contributed by atoms with E-state index in [-0.39, 0.29) is 6.10 Å². The van der Waals surface area contributed by atoms with Gasteiger partial charge in [0.15, 0.2) is 6.10 Å². The summed E-state index contributed by atoms with van der Waals surface area (Å²) in [6, 6.07) is 17.3. The van der Waals surface area contributed by atoms with Crippen molar-refractivity contribution >= 4 is 28.6 Å². The van der Waals surface area contributed by atoms with E-state index in [1.165, 1.54) is 22.7 Å². The van der Waals surface area contributed by atoms with Crippen molar-refractivity contribution in [2.75, 3.05) is 32.8 Å². The lowest BCUT2D eigenvalue weighted by atomic mass is 9.83. The minimum absolute atomic E-state index is 0.137. The van der Waals surface area contributed by atoms with Crippen molar-refractivity contribution in [1.29, 1.82) is 0 Å². The molecular formula is C27H32NO4S2+. The van der Waals surface area contributed by atoms with Gasteiger partial charge in [-0.25, -0.2) is 4.79 Å². The molecule has 5 nitrogen and oxygen atoms in total. The first-order valence-electron chi connectivity index (χ1n) is 12.1. The number of aliphatic hydroxyl groups is 1. The van der Waals surface area contributed by atoms with Crippen LogP contribution in [0.1, 0.15) is 35.4 Å². The molecule has 3 fully saturated rings. The third-order valence-corrected chi connectivity index (χ3v) is 9.35. The Morgan fingerprint density at radius 2 is 1.65 bits per heavy atom. The largest absolute Gasteiger partial charge is 0.494 e. The molecule has 0 aliphatic carbocycles. The van der Waals surface area contributed by atoms with Gasteiger partial charge in [-0.05, 0) is 47.9 Å². The number of hydrogen-bond donors (Lipinski definition) is 1. The summed E-state index contributed by atoms with van der Waals surface area (Å²) < 4.78 is 13.0. The molecule has 6 rings (SSSR count). The van der Waals surface area contributed by atoms with E-state index in [0.717, 1.165) is 68.7 Å². The predicted octanol–water partition coefficient (Wildman–Crippen LogP) is 5.06. The summed E-state index contributed by atoms with van der Waals surface area (Å²) in [6.07, 6.45) is 4.12. The van der Waals surface area contributed by atoms with Gasteiger partial charge in [0, 0.05) is 18.8 Å². The van der Waals surface area contributed by atoms with Crippen molar-refractivity contribution in [2.45, 2.75) is 37.4 Å². The van der Waals surface area contributed by atoms with E-state index in [1.807, 2.05) is 65.4 Å². The molecule has 5 heterocycles. The van der Waals surface area contributed by atoms with Crippen LogP contribution in [-0.2, 0) is 15.1 Å². The second-order valence-corrected chi connectivity index (χ2v) is 11.4. The molecule has 3 aromatic rings. The molecule has 0 spiro atoms. The molecule has 0 saturated carbocycles. The highest BCUT2D eigenvalue weighted by molar-refractivity contribution is 7.12. The fraction of sp³-hybridized carbons (Fsp3) is 0.444. The van der Waals surface area contributed by atoms with Crippen LogP contribution in [0.2, 0.25) is 0 Å². The number of carbonyl (C=O) groups is 1. The molecule has 1 aromatic carbocycles. The summed E-state index contributed by atoms with van der Waals surface area (Å²) in [5.41, 5.74) is -1.73. The first-order valence-corrected chi connectivity index (χ1v) is 13.9. The zero-order valence-electron chi connectivity index (χ0n) is 19.3. The van der Waals surface area contributed by atoms with E-state index >= 15 is 0 Å². The number of quaternary nitrogens is 1. The summed E-state index contributed by atoms with van der Waals surface area (Å²) in [5.74, 6) is 0.774. The van der Waals surface area contributed by atoms with E-state index in [1.54, 1.807) is 0 Å². The van der Waals surface area contributed by atoms with Gasteiger partial charge in [0.05, 0.1) is 36.0 Å². The lowest BCUT2D eigenvalue weighted by Crippen LogP contribution is -2.65. The number of carbonyl (C=O) groups excluding carboxylic acids is 1. The number of thiophene rings is 2. The molecule has 1 N–H and O–H groups in total. The lowest BCUT2D eigenvalue weighted by molar-refractivity contribution is -0.946. The van der Waals surface area contributed by atoms with Crippen LogP contribution in [0.25, 0.3) is 0 Å². The number of nitrogens with zero attached hydrogens (tertiary/aromatic N) is 1. The minimum atomic E-state index is -1.73. The molecule has 0 amide bonds. The van der Waals surface area contributed by atoms with Gasteiger partial charge in [-0.2, -0.15) is 0 Å². The van der Waals surface area contributed by atoms with Crippen LogP contribution >= 0.6 is 22.7 Å². The number of rotatable bonds is 10. The standard InChI is InChI=1S/C27H32NO4S2/c29-26(27(30,24-10-6-18-33-24)25-11-7-19-34-25)32-23-20-28(15-12-21(23)13-16-28)14-4-5-17-31-22-8-2-1-3-9-22/h1-3,6-11,18-19,21,23,30H,4-5,12-17,20H2/q+1. The number of benzene rings is 1. The van der Waals surface area contributed by atoms with E-state index in [0.29, 0.717) is 15.7 Å². The first-order chi connectivity index (χ1) is 16.6. The summed E-state index contributed by atoms with van der Waals surface area (Å²) in [6.45, 7) is 4.95. The van der Waals surface area contributed by atoms with Gasteiger partial charge in [0.2, 0.25) is 5.60 Å². The second kappa shape index (κ2) is 10.2. The van der Waals surface area contributed by atoms with E-state index in [4.69, 9.17) is 9.47 Å². The topological polar surface area (TPSA) is 55.8 Å². The molecule has 7 heteroatoms. The summed E-state index contributed by atoms with van der Waals surface area (Å²) in [7, 11) is 0. The fourth-order valence-corrected chi connectivity index (χ4v) is 7.15. The SMILES string of the molecule is O=C(OC1C[N+]2(CCCCOc3ccccc3)CCC1CC2)C(O)(c1cccs1)c1cccs1. The van der Waals surface area contributed by atoms with Crippen molar-refractivity contribution in [3.63, 3.8) is 0 Å². The Kier molecular flexibility index (Phi) is 7.06. The van der Waals surface area contributed by atoms with Crippen LogP contribution in [0.4, 0.5) is 0 Å². The number of fused-ring (bicyclic) bond motifs is 3. The Labute approximate surface area is 209 Å². The molecule has 1 unspecified atom stereocenters. The van der Waals surface area contributed by atoms with Gasteiger partial charge < -0.3 is 19.1 Å². The first kappa shape index (κ1) is 23.5. The number of ether oxygens (including phenoxy) is 2. The monoisotopic (exact) mass is 498 g/mol. The van der Waals surface area contributed by atoms with Gasteiger partial charge in [-0.1, -0.05) is 30.3 Å². The van der Waals surface area contributed by atoms with Crippen molar-refractivity contribution in [3.05, 3.63) is 75.1 Å². The summed E-state index contributed by atoms with van der Waals surface area (Å²) in [5, 5.41) is 15.4. The molecule has 3 aliphatic heterocycles. The van der Waals surface area contributed by atoms with Crippen molar-refractivity contribution in [1.82, 2.24) is 0 Å². The van der Waals surface area contributed by atoms with Crippen molar-refractivity contribution in [2.24, 2.45) is 5.92 Å². The van der Waals surface area contributed by atoms with Gasteiger partial charge in [0.1, 0.15) is 12.3 Å². The van der Waals surface area contributed by atoms with Crippen LogP contribution in [0.3, 0.4) is 0 Å². The molecule has 3 aliphatic rings. The van der Waals surface area contributed by atoms with E-state index < -0.39 is 11.6 Å². The second-order valence-electron chi connectivity index (χ2n) is 9.51. The Bertz CT molecular complexity index is 1010. The third-order valence-electron chi connectivity index (χ3n) is 7.39. The van der Waals surface area contributed by atoms with Crippen LogP contribution < -0.4 is 4.74 Å². The Morgan fingerprint density at radius 3 is 2.26 bits per heavy atom. The number of esters is 1. The van der Waals surface area contributed by atoms with Crippen LogP contribution in [-0.4, -0.2) is 54.4 Å². The molecule has 2 aromatic heterocycles. The quantitative estimate of drug-likeness (QED) is 0.241. The highest BCUT2D eigenvalue weighted by Gasteiger charge is 2.51. The highest BCUT2D eigenvalue weighted by atomic mass is 32.1. The van der Waals surface area contributed by atoms with Gasteiger partial charge >= 0.3 is 5.97 Å². The van der Waals surface area contributed by atoms with Crippen molar-refractivity contribution < 1.29 is 23.9 Å². The maximum Gasteiger partial charge on any atom is 0.349 e. The zero-order chi connectivity index (χ0) is 23.4. The predicted molar refractivity (Wildman–Crippen MR) is 135 cm³/mol. The molecular weight excluding hydrogens is 466 g/mol. The van der Waals surface area contributed by atoms with Gasteiger partial charge in [0.25, 0.3) is 0 Å². The third kappa shape index (κ3) is 4.80. The lowest BCUT2D eigenvalue weighted by Gasteiger charge is -2.52. The average molecular weight is 499 g/mol. The molecule has 0 radical (unpaired) electrons. The van der Waals surface area contributed by atoms with Crippen LogP contribution in [0, 0.1) is 5.92 Å². The smallest absolute Gasteiger partial charge is 0.349 e. The maximum atomic E-state index is 13.5. The average Bonchev–Trinajstić information content (AvgIpc) is 3.60. The number of para-hydroxylation sites is 1. The molecule has 2 bridgehead atoms. The highest BCUT2D eigenvalue weighted by Crippen LogP contribution is 2.40. The number of unbranched alkanes of at least 4 members (excludes halogenated alkanes) is 1. The van der Waals surface area contributed by atoms with Crippen molar-refractivity contribution in [3.8, 4) is 5.75 Å². The Morgan fingerprint density at radius 1 is 0.971 bits per heavy atom. The van der Waals surface area contributed by atoms with Gasteiger partial charge in [-0.3, -0.25) is 0 Å². The fourth-order valence-electron chi connectivity index (χ4n) is 5.44. The number of hydrogen-bond acceptors (Lipinski definition) is 6. The molecule has 3 saturated heterocycles. The normalized spacial score (nSPS) is 24.1. The summed E-state index contributed by atoms with van der Waals surface area (Å²) in [4.78, 5) is 14.7. The Balaban J connectivity index is 1.20. The summed E-state index contributed by atoms with van der Waals surface area (Å²) >= 11 is 2.77. The molecule has 1 atom stereocenters. The van der Waals surface area contributed by atoms with Crippen LogP contribution in [0.15, 0.2) is 65.4 Å². The Hall–Kier alpha value is -2.19. The zero-order valence-corrected chi connectivity index (χ0v) is 20.9. The van der Waals surface area contributed by atoms with Gasteiger partial charge in [-0.15, -0.1) is 22.7 Å². The minimum Gasteiger partial charge on any atom is -0.494 e. The van der Waals surface area contributed by atoms with E-state index in [9.17, 15) is 9.90 Å². The van der Waals surface area contributed by atoms with E-state index in [2.05, 4.69) is 0 Å². The van der Waals surface area contributed by atoms with Crippen LogP contribution in [0.5, 0.6) is 5.75 Å². The number of piperidine rings is 3. The maximum absolute atomic E-state index is 13.5. The molecule has 34 heavy (non-hydrogen) atoms.